The lowest BCUT2D eigenvalue weighted by atomic mass is 10.2. The lowest BCUT2D eigenvalue weighted by Gasteiger charge is -2.15. The van der Waals surface area contributed by atoms with Crippen LogP contribution in [0.5, 0.6) is 0 Å². The van der Waals surface area contributed by atoms with E-state index in [-0.39, 0.29) is 11.9 Å². The van der Waals surface area contributed by atoms with Crippen LogP contribution >= 0.6 is 11.8 Å². The number of aliphatic hydroxyl groups excluding tert-OH is 1. The molecule has 1 aromatic rings. The first-order valence-electron chi connectivity index (χ1n) is 6.56. The molecule has 0 aromatic heterocycles. The zero-order chi connectivity index (χ0) is 13.7. The van der Waals surface area contributed by atoms with Gasteiger partial charge in [0.2, 0.25) is 5.91 Å². The van der Waals surface area contributed by atoms with Gasteiger partial charge in [-0.1, -0.05) is 25.1 Å². The summed E-state index contributed by atoms with van der Waals surface area (Å²) < 4.78 is 0. The normalized spacial score (nSPS) is 24.1. The number of hydrogen-bond acceptors (Lipinski definition) is 4. The molecule has 0 aliphatic carbocycles. The van der Waals surface area contributed by atoms with Crippen LogP contribution in [0.1, 0.15) is 13.3 Å². The molecule has 19 heavy (non-hydrogen) atoms. The van der Waals surface area contributed by atoms with E-state index >= 15 is 0 Å². The Morgan fingerprint density at radius 3 is 2.89 bits per heavy atom. The Bertz CT molecular complexity index is 413. The monoisotopic (exact) mass is 280 g/mol. The number of carbonyl (C=O) groups is 1. The average molecular weight is 280 g/mol. The van der Waals surface area contributed by atoms with Gasteiger partial charge in [-0.05, 0) is 18.6 Å². The van der Waals surface area contributed by atoms with E-state index < -0.39 is 6.10 Å². The maximum Gasteiger partial charge on any atom is 0.237 e. The first kappa shape index (κ1) is 14.4. The molecule has 0 spiro atoms. The molecular formula is C14H20N2O2S. The van der Waals surface area contributed by atoms with Gasteiger partial charge >= 0.3 is 0 Å². The molecule has 1 amide bonds. The molecule has 3 N–H and O–H groups in total. The predicted molar refractivity (Wildman–Crippen MR) is 77.2 cm³/mol. The number of rotatable bonds is 5. The van der Waals surface area contributed by atoms with Crippen molar-refractivity contribution >= 4 is 17.7 Å². The molecule has 0 bridgehead atoms. The number of hydrogen-bond donors (Lipinski definition) is 3. The number of carbonyl (C=O) groups excluding carboxylic acids is 1. The van der Waals surface area contributed by atoms with E-state index in [1.165, 1.54) is 4.90 Å². The van der Waals surface area contributed by atoms with Crippen molar-refractivity contribution in [1.29, 1.82) is 0 Å². The minimum Gasteiger partial charge on any atom is -0.392 e. The van der Waals surface area contributed by atoms with Crippen molar-refractivity contribution in [2.45, 2.75) is 35.6 Å². The number of benzene rings is 1. The largest absolute Gasteiger partial charge is 0.392 e. The van der Waals surface area contributed by atoms with Gasteiger partial charge < -0.3 is 15.7 Å². The lowest BCUT2D eigenvalue weighted by Crippen LogP contribution is -2.42. The maximum atomic E-state index is 11.9. The van der Waals surface area contributed by atoms with E-state index in [1.54, 1.807) is 11.8 Å². The van der Waals surface area contributed by atoms with Crippen LogP contribution in [0.15, 0.2) is 35.2 Å². The van der Waals surface area contributed by atoms with Crippen molar-refractivity contribution < 1.29 is 9.90 Å². The van der Waals surface area contributed by atoms with Crippen molar-refractivity contribution in [2.75, 3.05) is 13.1 Å². The Morgan fingerprint density at radius 1 is 1.53 bits per heavy atom. The van der Waals surface area contributed by atoms with Crippen molar-refractivity contribution in [2.24, 2.45) is 0 Å². The second-order valence-corrected chi connectivity index (χ2v) is 6.35. The zero-order valence-electron chi connectivity index (χ0n) is 11.0. The van der Waals surface area contributed by atoms with Crippen LogP contribution < -0.4 is 10.6 Å². The fraction of sp³-hybridized carbons (Fsp3) is 0.500. The maximum absolute atomic E-state index is 11.9. The van der Waals surface area contributed by atoms with Crippen molar-refractivity contribution in [3.8, 4) is 0 Å². The van der Waals surface area contributed by atoms with Crippen molar-refractivity contribution in [3.63, 3.8) is 0 Å². The Hall–Kier alpha value is -1.04. The summed E-state index contributed by atoms with van der Waals surface area (Å²) in [6.45, 7) is 3.23. The second kappa shape index (κ2) is 6.93. The summed E-state index contributed by atoms with van der Waals surface area (Å²) in [6, 6.07) is 9.90. The Labute approximate surface area is 118 Å². The zero-order valence-corrected chi connectivity index (χ0v) is 11.8. The van der Waals surface area contributed by atoms with Gasteiger partial charge in [-0.25, -0.2) is 0 Å². The van der Waals surface area contributed by atoms with E-state index in [2.05, 4.69) is 29.7 Å². The van der Waals surface area contributed by atoms with Gasteiger partial charge in [-0.3, -0.25) is 4.79 Å². The topological polar surface area (TPSA) is 61.4 Å². The smallest absolute Gasteiger partial charge is 0.237 e. The highest BCUT2D eigenvalue weighted by Crippen LogP contribution is 2.22. The molecule has 3 unspecified atom stereocenters. The Morgan fingerprint density at radius 2 is 2.26 bits per heavy atom. The predicted octanol–water partition coefficient (Wildman–Crippen LogP) is 1.01. The summed E-state index contributed by atoms with van der Waals surface area (Å²) in [5.74, 6) is -0.0166. The van der Waals surface area contributed by atoms with E-state index in [4.69, 9.17) is 0 Å². The Kier molecular flexibility index (Phi) is 5.24. The van der Waals surface area contributed by atoms with Gasteiger partial charge in [0, 0.05) is 23.2 Å². The molecule has 1 fully saturated rings. The molecule has 0 radical (unpaired) electrons. The number of nitrogens with one attached hydrogen (secondary N) is 2. The molecule has 3 atom stereocenters. The van der Waals surface area contributed by atoms with Crippen molar-refractivity contribution in [3.05, 3.63) is 30.3 Å². The molecule has 1 heterocycles. The first-order chi connectivity index (χ1) is 9.15. The van der Waals surface area contributed by atoms with Crippen LogP contribution in [0.4, 0.5) is 0 Å². The van der Waals surface area contributed by atoms with Crippen LogP contribution in [0.3, 0.4) is 0 Å². The SMILES string of the molecule is CC(CNC(=O)C1CC(O)CN1)Sc1ccccc1. The molecule has 4 nitrogen and oxygen atoms in total. The number of amides is 1. The van der Waals surface area contributed by atoms with E-state index in [0.717, 1.165) is 0 Å². The minimum atomic E-state index is -0.396. The van der Waals surface area contributed by atoms with Crippen LogP contribution in [-0.4, -0.2) is 41.5 Å². The fourth-order valence-corrected chi connectivity index (χ4v) is 3.00. The third-order valence-electron chi connectivity index (χ3n) is 3.07. The van der Waals surface area contributed by atoms with E-state index in [1.807, 2.05) is 18.2 Å². The molecule has 1 aliphatic heterocycles. The third kappa shape index (κ3) is 4.53. The number of β-amino-alcohol motifs (C(OH)–C–C–N with tert-alkyl or cyclic N) is 1. The van der Waals surface area contributed by atoms with Crippen LogP contribution in [-0.2, 0) is 4.79 Å². The van der Waals surface area contributed by atoms with Crippen LogP contribution in [0, 0.1) is 0 Å². The molecule has 0 saturated carbocycles. The second-order valence-electron chi connectivity index (χ2n) is 4.84. The molecular weight excluding hydrogens is 260 g/mol. The summed E-state index contributed by atoms with van der Waals surface area (Å²) in [7, 11) is 0. The van der Waals surface area contributed by atoms with E-state index in [9.17, 15) is 9.90 Å². The third-order valence-corrected chi connectivity index (χ3v) is 4.18. The van der Waals surface area contributed by atoms with Crippen LogP contribution in [0.25, 0.3) is 0 Å². The first-order valence-corrected chi connectivity index (χ1v) is 7.44. The highest BCUT2D eigenvalue weighted by molar-refractivity contribution is 8.00. The highest BCUT2D eigenvalue weighted by atomic mass is 32.2. The lowest BCUT2D eigenvalue weighted by molar-refractivity contribution is -0.122. The summed E-state index contributed by atoms with van der Waals surface area (Å²) >= 11 is 1.74. The molecule has 104 valence electrons. The van der Waals surface area contributed by atoms with Gasteiger partial charge in [0.05, 0.1) is 12.1 Å². The quantitative estimate of drug-likeness (QED) is 0.704. The fourth-order valence-electron chi connectivity index (χ4n) is 2.06. The standard InChI is InChI=1S/C14H20N2O2S/c1-10(19-12-5-3-2-4-6-12)8-16-14(18)13-7-11(17)9-15-13/h2-6,10-11,13,15,17H,7-9H2,1H3,(H,16,18). The van der Waals surface area contributed by atoms with E-state index in [0.29, 0.717) is 24.8 Å². The molecule has 1 aliphatic rings. The van der Waals surface area contributed by atoms with Crippen LogP contribution in [0.2, 0.25) is 0 Å². The molecule has 5 heteroatoms. The minimum absolute atomic E-state index is 0.0166. The molecule has 1 aromatic carbocycles. The summed E-state index contributed by atoms with van der Waals surface area (Å²) in [5, 5.41) is 15.6. The van der Waals surface area contributed by atoms with Crippen molar-refractivity contribution in [1.82, 2.24) is 10.6 Å². The average Bonchev–Trinajstić information content (AvgIpc) is 2.84. The summed E-state index contributed by atoms with van der Waals surface area (Å²) in [5.41, 5.74) is 0. The summed E-state index contributed by atoms with van der Waals surface area (Å²) in [6.07, 6.45) is 0.110. The van der Waals surface area contributed by atoms with Gasteiger partial charge in [0.25, 0.3) is 0 Å². The number of aliphatic hydroxyl groups is 1. The van der Waals surface area contributed by atoms with Gasteiger partial charge in [-0.2, -0.15) is 0 Å². The summed E-state index contributed by atoms with van der Waals surface area (Å²) in [4.78, 5) is 13.1. The number of thioether (sulfide) groups is 1. The highest BCUT2D eigenvalue weighted by Gasteiger charge is 2.27. The molecule has 1 saturated heterocycles. The van der Waals surface area contributed by atoms with Gasteiger partial charge in [0.15, 0.2) is 0 Å². The Balaban J connectivity index is 1.71. The molecule has 2 rings (SSSR count). The van der Waals surface area contributed by atoms with Gasteiger partial charge in [0.1, 0.15) is 0 Å². The van der Waals surface area contributed by atoms with Gasteiger partial charge in [-0.15, -0.1) is 11.8 Å².